The van der Waals surface area contributed by atoms with Crippen LogP contribution in [0.5, 0.6) is 11.5 Å². The summed E-state index contributed by atoms with van der Waals surface area (Å²) in [7, 11) is 0. The first-order valence-electron chi connectivity index (χ1n) is 13.6. The molecule has 1 heterocycles. The molecular formula is C34H34N2O3S. The highest BCUT2D eigenvalue weighted by Gasteiger charge is 2.27. The number of aryl methyl sites for hydroxylation is 1. The Balaban J connectivity index is 1.36. The zero-order valence-electron chi connectivity index (χ0n) is 22.9. The topological polar surface area (TPSA) is 59.6 Å². The molecule has 1 atom stereocenters. The number of ether oxygens (including phenoxy) is 2. The molecule has 1 aliphatic rings. The fraction of sp³-hybridized carbons (Fsp3) is 0.206. The second kappa shape index (κ2) is 12.8. The molecule has 2 N–H and O–H groups in total. The van der Waals surface area contributed by atoms with Crippen molar-refractivity contribution in [3.63, 3.8) is 0 Å². The molecule has 5 nitrogen and oxygen atoms in total. The van der Waals surface area contributed by atoms with Gasteiger partial charge in [0, 0.05) is 11.3 Å². The minimum Gasteiger partial charge on any atom is -0.490 e. The van der Waals surface area contributed by atoms with Crippen molar-refractivity contribution in [3.8, 4) is 11.5 Å². The number of rotatable bonds is 11. The van der Waals surface area contributed by atoms with E-state index in [4.69, 9.17) is 9.47 Å². The number of carbonyl (C=O) groups is 1. The number of anilines is 1. The van der Waals surface area contributed by atoms with Crippen LogP contribution in [0.2, 0.25) is 0 Å². The molecule has 0 unspecified atom stereocenters. The van der Waals surface area contributed by atoms with Gasteiger partial charge in [0.15, 0.2) is 17.0 Å². The molecule has 1 fully saturated rings. The predicted molar refractivity (Wildman–Crippen MR) is 167 cm³/mol. The lowest BCUT2D eigenvalue weighted by Crippen LogP contribution is -2.30. The lowest BCUT2D eigenvalue weighted by Gasteiger charge is -2.17. The first-order valence-corrected chi connectivity index (χ1v) is 14.5. The summed E-state index contributed by atoms with van der Waals surface area (Å²) in [5.74, 6) is 1.26. The van der Waals surface area contributed by atoms with Gasteiger partial charge in [-0.3, -0.25) is 4.79 Å². The SMILES string of the molecule is C=CCc1cc(/C=C2\S[C@@H](Nc3ccc(CC)cc3)NC2=O)cc(OCC)c1OCc1ccc2ccccc2c1. The second-order valence-electron chi connectivity index (χ2n) is 9.58. The molecular weight excluding hydrogens is 516 g/mol. The van der Waals surface area contributed by atoms with Gasteiger partial charge in [0.25, 0.3) is 5.91 Å². The molecule has 40 heavy (non-hydrogen) atoms. The van der Waals surface area contributed by atoms with Crippen LogP contribution in [0.1, 0.15) is 36.1 Å². The van der Waals surface area contributed by atoms with Crippen LogP contribution >= 0.6 is 11.8 Å². The Morgan fingerprint density at radius 2 is 1.73 bits per heavy atom. The Kier molecular flexibility index (Phi) is 8.77. The molecule has 204 valence electrons. The van der Waals surface area contributed by atoms with E-state index >= 15 is 0 Å². The van der Waals surface area contributed by atoms with Crippen LogP contribution in [0.25, 0.3) is 16.8 Å². The smallest absolute Gasteiger partial charge is 0.260 e. The molecule has 0 saturated carbocycles. The molecule has 0 aliphatic carbocycles. The first-order chi connectivity index (χ1) is 19.6. The number of carbonyl (C=O) groups excluding carboxylic acids is 1. The van der Waals surface area contributed by atoms with Crippen molar-refractivity contribution in [2.45, 2.75) is 38.8 Å². The minimum absolute atomic E-state index is 0.104. The van der Waals surface area contributed by atoms with Gasteiger partial charge < -0.3 is 20.1 Å². The zero-order chi connectivity index (χ0) is 27.9. The van der Waals surface area contributed by atoms with E-state index in [9.17, 15) is 4.79 Å². The monoisotopic (exact) mass is 550 g/mol. The third-order valence-corrected chi connectivity index (χ3v) is 7.73. The summed E-state index contributed by atoms with van der Waals surface area (Å²) in [6.07, 6.45) is 5.37. The maximum Gasteiger partial charge on any atom is 0.260 e. The second-order valence-corrected chi connectivity index (χ2v) is 10.7. The van der Waals surface area contributed by atoms with E-state index in [0.717, 1.165) is 28.8 Å². The van der Waals surface area contributed by atoms with E-state index in [2.05, 4.69) is 66.6 Å². The van der Waals surface area contributed by atoms with Crippen LogP contribution in [0.4, 0.5) is 5.69 Å². The molecule has 1 saturated heterocycles. The normalized spacial score (nSPS) is 15.7. The Bertz CT molecular complexity index is 1550. The van der Waals surface area contributed by atoms with Crippen molar-refractivity contribution in [2.24, 2.45) is 0 Å². The van der Waals surface area contributed by atoms with Gasteiger partial charge in [-0.25, -0.2) is 0 Å². The van der Waals surface area contributed by atoms with Crippen LogP contribution in [-0.4, -0.2) is 18.0 Å². The van der Waals surface area contributed by atoms with Gasteiger partial charge in [-0.15, -0.1) is 6.58 Å². The summed E-state index contributed by atoms with van der Waals surface area (Å²) in [4.78, 5) is 13.4. The third kappa shape index (κ3) is 6.52. The van der Waals surface area contributed by atoms with Gasteiger partial charge in [0.2, 0.25) is 0 Å². The van der Waals surface area contributed by atoms with Crippen molar-refractivity contribution in [1.29, 1.82) is 0 Å². The van der Waals surface area contributed by atoms with Gasteiger partial charge in [0.1, 0.15) is 6.61 Å². The molecule has 0 spiro atoms. The van der Waals surface area contributed by atoms with Gasteiger partial charge in [0.05, 0.1) is 11.5 Å². The Morgan fingerprint density at radius 3 is 2.48 bits per heavy atom. The van der Waals surface area contributed by atoms with E-state index in [0.29, 0.717) is 36.0 Å². The van der Waals surface area contributed by atoms with Crippen molar-refractivity contribution in [3.05, 3.63) is 119 Å². The van der Waals surface area contributed by atoms with E-state index in [1.165, 1.54) is 28.1 Å². The lowest BCUT2D eigenvalue weighted by atomic mass is 10.0. The van der Waals surface area contributed by atoms with Crippen molar-refractivity contribution < 1.29 is 14.3 Å². The van der Waals surface area contributed by atoms with Gasteiger partial charge in [-0.05, 0) is 83.6 Å². The number of hydrogen-bond donors (Lipinski definition) is 2. The molecule has 1 amide bonds. The predicted octanol–water partition coefficient (Wildman–Crippen LogP) is 7.71. The summed E-state index contributed by atoms with van der Waals surface area (Å²) in [6, 6.07) is 26.9. The molecule has 4 aromatic carbocycles. The highest BCUT2D eigenvalue weighted by atomic mass is 32.2. The summed E-state index contributed by atoms with van der Waals surface area (Å²) < 4.78 is 12.4. The molecule has 0 bridgehead atoms. The van der Waals surface area contributed by atoms with E-state index in [-0.39, 0.29) is 11.4 Å². The number of allylic oxidation sites excluding steroid dienone is 1. The van der Waals surface area contributed by atoms with Crippen LogP contribution in [0.15, 0.2) is 96.4 Å². The zero-order valence-corrected chi connectivity index (χ0v) is 23.7. The largest absolute Gasteiger partial charge is 0.490 e. The fourth-order valence-corrected chi connectivity index (χ4v) is 5.67. The molecule has 6 heteroatoms. The van der Waals surface area contributed by atoms with E-state index in [1.54, 1.807) is 0 Å². The van der Waals surface area contributed by atoms with E-state index in [1.807, 2.05) is 55.5 Å². The molecule has 5 rings (SSSR count). The highest BCUT2D eigenvalue weighted by molar-refractivity contribution is 8.05. The average Bonchev–Trinajstić information content (AvgIpc) is 3.31. The number of thioether (sulfide) groups is 1. The number of benzene rings is 4. The van der Waals surface area contributed by atoms with Gasteiger partial charge in [-0.1, -0.05) is 73.3 Å². The lowest BCUT2D eigenvalue weighted by molar-refractivity contribution is -0.116. The van der Waals surface area contributed by atoms with Crippen molar-refractivity contribution in [1.82, 2.24) is 5.32 Å². The first kappa shape index (κ1) is 27.4. The van der Waals surface area contributed by atoms with Crippen LogP contribution in [0, 0.1) is 0 Å². The molecule has 0 radical (unpaired) electrons. The summed E-state index contributed by atoms with van der Waals surface area (Å²) in [5.41, 5.74) is 4.93. The third-order valence-electron chi connectivity index (χ3n) is 6.70. The van der Waals surface area contributed by atoms with E-state index < -0.39 is 0 Å². The van der Waals surface area contributed by atoms with Crippen LogP contribution in [0.3, 0.4) is 0 Å². The molecule has 1 aliphatic heterocycles. The fourth-order valence-electron chi connectivity index (χ4n) is 4.69. The Hall–Kier alpha value is -4.16. The van der Waals surface area contributed by atoms with Gasteiger partial charge >= 0.3 is 0 Å². The minimum atomic E-state index is -0.241. The molecule has 0 aromatic heterocycles. The van der Waals surface area contributed by atoms with Gasteiger partial charge in [-0.2, -0.15) is 0 Å². The van der Waals surface area contributed by atoms with Crippen LogP contribution in [-0.2, 0) is 24.2 Å². The standard InChI is InChI=1S/C34H34N2O3S/c1-4-9-28-19-25(21-31-33(37)36-34(40-31)35-29-16-13-23(5-2)14-17-29)20-30(38-6-3)32(28)39-22-24-12-15-26-10-7-8-11-27(26)18-24/h4,7-8,10-21,34-35H,1,5-6,9,22H2,2-3H3,(H,36,37)/b31-21-/t34-/m0/s1. The summed E-state index contributed by atoms with van der Waals surface area (Å²) in [6.45, 7) is 8.94. The maximum atomic E-state index is 12.8. The maximum absolute atomic E-state index is 12.8. The van der Waals surface area contributed by atoms with Crippen molar-refractivity contribution in [2.75, 3.05) is 11.9 Å². The number of amides is 1. The average molecular weight is 551 g/mol. The Morgan fingerprint density at radius 1 is 0.950 bits per heavy atom. The number of hydrogen-bond acceptors (Lipinski definition) is 5. The summed E-state index contributed by atoms with van der Waals surface area (Å²) >= 11 is 1.47. The molecule has 4 aromatic rings. The highest BCUT2D eigenvalue weighted by Crippen LogP contribution is 2.37. The Labute approximate surface area is 240 Å². The van der Waals surface area contributed by atoms with Crippen LogP contribution < -0.4 is 20.1 Å². The number of fused-ring (bicyclic) bond motifs is 1. The van der Waals surface area contributed by atoms with Crippen molar-refractivity contribution >= 4 is 40.2 Å². The quantitative estimate of drug-likeness (QED) is 0.148. The number of nitrogens with one attached hydrogen (secondary N) is 2. The summed E-state index contributed by atoms with van der Waals surface area (Å²) in [5, 5.41) is 8.78.